The molecule has 1 amide bonds. The molecule has 6 nitrogen and oxygen atoms in total. The molecule has 0 fully saturated rings. The SMILES string of the molecule is CC(NC(=O)c1c(Oc2cccc(C(F)(F)F)c2)c2ccccc2n1C)c1ccc(C(=O)O)cc1. The molecule has 0 aliphatic heterocycles. The fraction of sp³-hybridized carbons (Fsp3) is 0.154. The summed E-state index contributed by atoms with van der Waals surface area (Å²) in [6, 6.07) is 17.1. The predicted molar refractivity (Wildman–Crippen MR) is 124 cm³/mol. The molecule has 0 bridgehead atoms. The van der Waals surface area contributed by atoms with Crippen LogP contribution in [-0.4, -0.2) is 21.6 Å². The van der Waals surface area contributed by atoms with Crippen molar-refractivity contribution in [3.63, 3.8) is 0 Å². The predicted octanol–water partition coefficient (Wildman–Crippen LogP) is 6.18. The minimum absolute atomic E-state index is 0.0532. The van der Waals surface area contributed by atoms with Gasteiger partial charge in [0.2, 0.25) is 0 Å². The Bertz CT molecular complexity index is 1410. The number of hydrogen-bond acceptors (Lipinski definition) is 3. The van der Waals surface area contributed by atoms with Crippen molar-refractivity contribution in [3.8, 4) is 11.5 Å². The van der Waals surface area contributed by atoms with Gasteiger partial charge in [0.1, 0.15) is 5.75 Å². The van der Waals surface area contributed by atoms with Crippen LogP contribution in [0.3, 0.4) is 0 Å². The van der Waals surface area contributed by atoms with Gasteiger partial charge in [-0.15, -0.1) is 0 Å². The number of alkyl halides is 3. The number of carboxylic acid groups (broad SMARTS) is 1. The first-order chi connectivity index (χ1) is 16.6. The quantitative estimate of drug-likeness (QED) is 0.344. The van der Waals surface area contributed by atoms with Gasteiger partial charge in [-0.1, -0.05) is 30.3 Å². The molecular formula is C26H21F3N2O4. The van der Waals surface area contributed by atoms with E-state index >= 15 is 0 Å². The van der Waals surface area contributed by atoms with Crippen LogP contribution in [0.1, 0.15) is 44.9 Å². The van der Waals surface area contributed by atoms with Crippen LogP contribution < -0.4 is 10.1 Å². The number of halogens is 3. The van der Waals surface area contributed by atoms with Crippen LogP contribution in [0, 0.1) is 0 Å². The van der Waals surface area contributed by atoms with E-state index in [1.165, 1.54) is 24.3 Å². The van der Waals surface area contributed by atoms with Gasteiger partial charge >= 0.3 is 12.1 Å². The number of aromatic nitrogens is 1. The molecule has 0 aliphatic carbocycles. The summed E-state index contributed by atoms with van der Waals surface area (Å²) < 4.78 is 47.1. The van der Waals surface area contributed by atoms with E-state index in [0.717, 1.165) is 12.1 Å². The summed E-state index contributed by atoms with van der Waals surface area (Å²) in [6.07, 6.45) is -4.54. The number of para-hydroxylation sites is 1. The summed E-state index contributed by atoms with van der Waals surface area (Å²) in [7, 11) is 1.67. The van der Waals surface area contributed by atoms with E-state index in [2.05, 4.69) is 5.32 Å². The minimum Gasteiger partial charge on any atom is -0.478 e. The molecular weight excluding hydrogens is 461 g/mol. The third-order valence-corrected chi connectivity index (χ3v) is 5.66. The number of carbonyl (C=O) groups is 2. The second-order valence-electron chi connectivity index (χ2n) is 8.00. The number of hydrogen-bond donors (Lipinski definition) is 2. The smallest absolute Gasteiger partial charge is 0.416 e. The Balaban J connectivity index is 1.69. The number of nitrogens with zero attached hydrogens (tertiary/aromatic N) is 1. The highest BCUT2D eigenvalue weighted by Crippen LogP contribution is 2.38. The lowest BCUT2D eigenvalue weighted by molar-refractivity contribution is -0.137. The van der Waals surface area contributed by atoms with Gasteiger partial charge in [0, 0.05) is 12.4 Å². The molecule has 35 heavy (non-hydrogen) atoms. The van der Waals surface area contributed by atoms with Gasteiger partial charge in [0.25, 0.3) is 5.91 Å². The zero-order valence-corrected chi connectivity index (χ0v) is 18.8. The number of aryl methyl sites for hydroxylation is 1. The molecule has 4 rings (SSSR count). The third kappa shape index (κ3) is 4.84. The summed E-state index contributed by atoms with van der Waals surface area (Å²) in [5.74, 6) is -1.48. The zero-order chi connectivity index (χ0) is 25.3. The molecule has 2 N–H and O–H groups in total. The summed E-state index contributed by atoms with van der Waals surface area (Å²) in [5.41, 5.74) is 0.746. The standard InChI is InChI=1S/C26H21F3N2O4/c1-15(16-10-12-17(13-11-16)25(33)34)30-24(32)22-23(20-8-3-4-9-21(20)31(22)2)35-19-7-5-6-18(14-19)26(27,28)29/h3-15H,1-2H3,(H,30,32)(H,33,34). The first-order valence-corrected chi connectivity index (χ1v) is 10.6. The first kappa shape index (κ1) is 23.9. The van der Waals surface area contributed by atoms with Crippen molar-refractivity contribution < 1.29 is 32.6 Å². The number of benzene rings is 3. The zero-order valence-electron chi connectivity index (χ0n) is 18.8. The van der Waals surface area contributed by atoms with E-state index in [1.807, 2.05) is 0 Å². The van der Waals surface area contributed by atoms with Crippen molar-refractivity contribution in [3.05, 3.63) is 95.2 Å². The van der Waals surface area contributed by atoms with Crippen molar-refractivity contribution in [2.24, 2.45) is 7.05 Å². The van der Waals surface area contributed by atoms with Gasteiger partial charge in [-0.05, 0) is 55.0 Å². The molecule has 1 aromatic heterocycles. The lowest BCUT2D eigenvalue weighted by atomic mass is 10.1. The highest BCUT2D eigenvalue weighted by atomic mass is 19.4. The topological polar surface area (TPSA) is 80.6 Å². The first-order valence-electron chi connectivity index (χ1n) is 10.6. The van der Waals surface area contributed by atoms with Crippen LogP contribution in [-0.2, 0) is 13.2 Å². The number of ether oxygens (including phenoxy) is 1. The number of carboxylic acids is 1. The van der Waals surface area contributed by atoms with E-state index in [1.54, 1.807) is 54.9 Å². The number of nitrogens with one attached hydrogen (secondary N) is 1. The molecule has 0 aliphatic rings. The summed E-state index contributed by atoms with van der Waals surface area (Å²) in [6.45, 7) is 1.74. The Labute approximate surface area is 198 Å². The van der Waals surface area contributed by atoms with Gasteiger partial charge in [-0.25, -0.2) is 4.79 Å². The third-order valence-electron chi connectivity index (χ3n) is 5.66. The Hall–Kier alpha value is -4.27. The van der Waals surface area contributed by atoms with Crippen LogP contribution in [0.4, 0.5) is 13.2 Å². The van der Waals surface area contributed by atoms with E-state index in [9.17, 15) is 22.8 Å². The summed E-state index contributed by atoms with van der Waals surface area (Å²) in [5, 5.41) is 12.5. The fourth-order valence-corrected chi connectivity index (χ4v) is 3.83. The molecule has 1 heterocycles. The lowest BCUT2D eigenvalue weighted by Gasteiger charge is -2.16. The molecule has 3 aromatic carbocycles. The molecule has 4 aromatic rings. The molecule has 0 saturated heterocycles. The van der Waals surface area contributed by atoms with Crippen molar-refractivity contribution in [2.75, 3.05) is 0 Å². The Morgan fingerprint density at radius 2 is 1.69 bits per heavy atom. The monoisotopic (exact) mass is 482 g/mol. The number of carbonyl (C=O) groups excluding carboxylic acids is 1. The van der Waals surface area contributed by atoms with Crippen molar-refractivity contribution in [1.29, 1.82) is 0 Å². The van der Waals surface area contributed by atoms with E-state index in [0.29, 0.717) is 16.5 Å². The molecule has 9 heteroatoms. The van der Waals surface area contributed by atoms with E-state index < -0.39 is 29.7 Å². The average molecular weight is 482 g/mol. The second kappa shape index (κ2) is 9.17. The largest absolute Gasteiger partial charge is 0.478 e. The Morgan fingerprint density at radius 1 is 1.00 bits per heavy atom. The van der Waals surface area contributed by atoms with Gasteiger partial charge in [-0.3, -0.25) is 4.79 Å². The normalized spacial score (nSPS) is 12.4. The van der Waals surface area contributed by atoms with Crippen molar-refractivity contribution >= 4 is 22.8 Å². The van der Waals surface area contributed by atoms with Crippen LogP contribution in [0.25, 0.3) is 10.9 Å². The average Bonchev–Trinajstić information content (AvgIpc) is 3.10. The van der Waals surface area contributed by atoms with Crippen LogP contribution in [0.15, 0.2) is 72.8 Å². The molecule has 1 unspecified atom stereocenters. The Kier molecular flexibility index (Phi) is 6.26. The van der Waals surface area contributed by atoms with Crippen LogP contribution in [0.2, 0.25) is 0 Å². The van der Waals surface area contributed by atoms with Crippen molar-refractivity contribution in [2.45, 2.75) is 19.1 Å². The highest BCUT2D eigenvalue weighted by molar-refractivity contribution is 6.04. The summed E-state index contributed by atoms with van der Waals surface area (Å²) >= 11 is 0. The van der Waals surface area contributed by atoms with Gasteiger partial charge < -0.3 is 19.7 Å². The van der Waals surface area contributed by atoms with E-state index in [4.69, 9.17) is 9.84 Å². The maximum Gasteiger partial charge on any atom is 0.416 e. The highest BCUT2D eigenvalue weighted by Gasteiger charge is 2.31. The fourth-order valence-electron chi connectivity index (χ4n) is 3.83. The van der Waals surface area contributed by atoms with E-state index in [-0.39, 0.29) is 22.8 Å². The molecule has 0 saturated carbocycles. The second-order valence-corrected chi connectivity index (χ2v) is 8.00. The molecule has 0 spiro atoms. The minimum atomic E-state index is -4.54. The lowest BCUT2D eigenvalue weighted by Crippen LogP contribution is -2.28. The van der Waals surface area contributed by atoms with Crippen molar-refractivity contribution in [1.82, 2.24) is 9.88 Å². The number of fused-ring (bicyclic) bond motifs is 1. The Morgan fingerprint density at radius 3 is 2.34 bits per heavy atom. The maximum atomic E-state index is 13.3. The summed E-state index contributed by atoms with van der Waals surface area (Å²) in [4.78, 5) is 24.4. The van der Waals surface area contributed by atoms with Crippen LogP contribution >= 0.6 is 0 Å². The number of amides is 1. The number of aromatic carboxylic acids is 1. The molecule has 180 valence electrons. The maximum absolute atomic E-state index is 13.3. The molecule has 0 radical (unpaired) electrons. The molecule has 1 atom stereocenters. The van der Waals surface area contributed by atoms with Crippen LogP contribution in [0.5, 0.6) is 11.5 Å². The van der Waals surface area contributed by atoms with Gasteiger partial charge in [0.15, 0.2) is 11.4 Å². The van der Waals surface area contributed by atoms with Gasteiger partial charge in [0.05, 0.1) is 22.7 Å². The number of rotatable bonds is 6. The van der Waals surface area contributed by atoms with Gasteiger partial charge in [-0.2, -0.15) is 13.2 Å².